The molecule has 1 aliphatic heterocycles. The van der Waals surface area contributed by atoms with Crippen LogP contribution >= 0.6 is 0 Å². The predicted molar refractivity (Wildman–Crippen MR) is 57.4 cm³/mol. The first-order chi connectivity index (χ1) is 6.93. The molecule has 5 nitrogen and oxygen atoms in total. The Labute approximate surface area is 86.0 Å². The Morgan fingerprint density at radius 1 is 0.857 bits per heavy atom. The van der Waals surface area contributed by atoms with Crippen LogP contribution in [-0.4, -0.2) is 59.2 Å². The third kappa shape index (κ3) is 5.51. The molecule has 5 heteroatoms. The summed E-state index contributed by atoms with van der Waals surface area (Å²) in [6.07, 6.45) is 0.122. The monoisotopic (exact) mass is 202 g/mol. The minimum Gasteiger partial charge on any atom is -0.365 e. The minimum absolute atomic E-state index is 0.122. The van der Waals surface area contributed by atoms with Crippen molar-refractivity contribution < 1.29 is 4.74 Å². The Bertz CT molecular complexity index is 122. The fourth-order valence-corrected chi connectivity index (χ4v) is 1.40. The van der Waals surface area contributed by atoms with Crippen LogP contribution in [0.1, 0.15) is 0 Å². The van der Waals surface area contributed by atoms with Gasteiger partial charge in [0.05, 0.1) is 0 Å². The highest BCUT2D eigenvalue weighted by molar-refractivity contribution is 4.63. The van der Waals surface area contributed by atoms with E-state index in [-0.39, 0.29) is 6.23 Å². The van der Waals surface area contributed by atoms with E-state index < -0.39 is 0 Å². The standard InChI is InChI=1S/C9H22N4O/c1-14-9-8-12-5-4-10-2-3-11-6-7-13-9/h9-13H,2-8H2,1H3. The number of nitrogens with one attached hydrogen (secondary N) is 4. The molecule has 84 valence electrons. The molecule has 1 heterocycles. The Balaban J connectivity index is 2.17. The van der Waals surface area contributed by atoms with Crippen molar-refractivity contribution in [2.24, 2.45) is 0 Å². The Kier molecular flexibility index (Phi) is 6.90. The lowest BCUT2D eigenvalue weighted by Gasteiger charge is -2.19. The molecular formula is C9H22N4O. The van der Waals surface area contributed by atoms with Gasteiger partial charge in [0.1, 0.15) is 6.23 Å². The van der Waals surface area contributed by atoms with Gasteiger partial charge in [-0.2, -0.15) is 0 Å². The molecule has 0 aromatic rings. The smallest absolute Gasteiger partial charge is 0.120 e. The third-order valence-electron chi connectivity index (χ3n) is 2.25. The second-order valence-electron chi connectivity index (χ2n) is 3.38. The van der Waals surface area contributed by atoms with E-state index in [1.54, 1.807) is 7.11 Å². The van der Waals surface area contributed by atoms with E-state index in [0.29, 0.717) is 0 Å². The van der Waals surface area contributed by atoms with Crippen molar-refractivity contribution in [1.82, 2.24) is 21.3 Å². The van der Waals surface area contributed by atoms with E-state index >= 15 is 0 Å². The normalized spacial score (nSPS) is 27.6. The molecular weight excluding hydrogens is 180 g/mol. The molecule has 1 unspecified atom stereocenters. The van der Waals surface area contributed by atoms with Crippen LogP contribution in [0.15, 0.2) is 0 Å². The van der Waals surface area contributed by atoms with E-state index in [1.807, 2.05) is 0 Å². The zero-order chi connectivity index (χ0) is 10.1. The van der Waals surface area contributed by atoms with Gasteiger partial charge in [0.15, 0.2) is 0 Å². The summed E-state index contributed by atoms with van der Waals surface area (Å²) in [5.41, 5.74) is 0. The summed E-state index contributed by atoms with van der Waals surface area (Å²) in [5.74, 6) is 0. The van der Waals surface area contributed by atoms with Gasteiger partial charge in [-0.3, -0.25) is 5.32 Å². The van der Waals surface area contributed by atoms with Gasteiger partial charge >= 0.3 is 0 Å². The molecule has 4 N–H and O–H groups in total. The van der Waals surface area contributed by atoms with Crippen LogP contribution in [0.4, 0.5) is 0 Å². The quantitative estimate of drug-likeness (QED) is 0.410. The predicted octanol–water partition coefficient (Wildman–Crippen LogP) is -1.67. The van der Waals surface area contributed by atoms with Crippen LogP contribution in [0.5, 0.6) is 0 Å². The van der Waals surface area contributed by atoms with Crippen LogP contribution in [0, 0.1) is 0 Å². The first-order valence-electron chi connectivity index (χ1n) is 5.32. The highest BCUT2D eigenvalue weighted by Crippen LogP contribution is 1.81. The maximum absolute atomic E-state index is 5.27. The number of methoxy groups -OCH3 is 1. The highest BCUT2D eigenvalue weighted by atomic mass is 16.5. The van der Waals surface area contributed by atoms with Gasteiger partial charge in [0.2, 0.25) is 0 Å². The zero-order valence-electron chi connectivity index (χ0n) is 8.94. The molecule has 0 aromatic carbocycles. The molecule has 1 atom stereocenters. The SMILES string of the molecule is COC1CNCCNCCNCCN1. The highest BCUT2D eigenvalue weighted by Gasteiger charge is 2.04. The number of rotatable bonds is 1. The van der Waals surface area contributed by atoms with E-state index in [9.17, 15) is 0 Å². The summed E-state index contributed by atoms with van der Waals surface area (Å²) >= 11 is 0. The molecule has 0 amide bonds. The number of hydrogen-bond donors (Lipinski definition) is 4. The van der Waals surface area contributed by atoms with E-state index in [0.717, 1.165) is 45.8 Å². The van der Waals surface area contributed by atoms with Crippen molar-refractivity contribution in [2.45, 2.75) is 6.23 Å². The van der Waals surface area contributed by atoms with Crippen LogP contribution in [-0.2, 0) is 4.74 Å². The van der Waals surface area contributed by atoms with E-state index in [4.69, 9.17) is 4.74 Å². The number of ether oxygens (including phenoxy) is 1. The maximum Gasteiger partial charge on any atom is 0.120 e. The number of hydrogen-bond acceptors (Lipinski definition) is 5. The Morgan fingerprint density at radius 2 is 1.43 bits per heavy atom. The summed E-state index contributed by atoms with van der Waals surface area (Å²) in [4.78, 5) is 0. The molecule has 1 rings (SSSR count). The average molecular weight is 202 g/mol. The van der Waals surface area contributed by atoms with Crippen molar-refractivity contribution in [2.75, 3.05) is 52.9 Å². The maximum atomic E-state index is 5.27. The van der Waals surface area contributed by atoms with Crippen LogP contribution in [0.25, 0.3) is 0 Å². The van der Waals surface area contributed by atoms with Crippen molar-refractivity contribution in [3.63, 3.8) is 0 Å². The lowest BCUT2D eigenvalue weighted by Crippen LogP contribution is -2.45. The molecule has 0 aromatic heterocycles. The summed E-state index contributed by atoms with van der Waals surface area (Å²) in [6, 6.07) is 0. The molecule has 1 aliphatic rings. The van der Waals surface area contributed by atoms with Crippen LogP contribution < -0.4 is 21.3 Å². The van der Waals surface area contributed by atoms with E-state index in [1.165, 1.54) is 0 Å². The van der Waals surface area contributed by atoms with E-state index in [2.05, 4.69) is 21.3 Å². The fraction of sp³-hybridized carbons (Fsp3) is 1.00. The molecule has 0 bridgehead atoms. The van der Waals surface area contributed by atoms with Crippen molar-refractivity contribution in [1.29, 1.82) is 0 Å². The average Bonchev–Trinajstić information content (AvgIpc) is 2.19. The molecule has 0 saturated carbocycles. The van der Waals surface area contributed by atoms with Gasteiger partial charge in [-0.1, -0.05) is 0 Å². The fourth-order valence-electron chi connectivity index (χ4n) is 1.40. The summed E-state index contributed by atoms with van der Waals surface area (Å²) in [5, 5.41) is 13.4. The lowest BCUT2D eigenvalue weighted by atomic mass is 10.4. The largest absolute Gasteiger partial charge is 0.365 e. The second kappa shape index (κ2) is 8.14. The molecule has 0 aliphatic carbocycles. The summed E-state index contributed by atoms with van der Waals surface area (Å²) in [7, 11) is 1.73. The van der Waals surface area contributed by atoms with Gasteiger partial charge in [0, 0.05) is 52.9 Å². The summed E-state index contributed by atoms with van der Waals surface area (Å²) < 4.78 is 5.27. The molecule has 0 radical (unpaired) electrons. The first-order valence-corrected chi connectivity index (χ1v) is 5.32. The second-order valence-corrected chi connectivity index (χ2v) is 3.38. The third-order valence-corrected chi connectivity index (χ3v) is 2.25. The van der Waals surface area contributed by atoms with Crippen LogP contribution in [0.2, 0.25) is 0 Å². The lowest BCUT2D eigenvalue weighted by molar-refractivity contribution is 0.0741. The minimum atomic E-state index is 0.122. The van der Waals surface area contributed by atoms with Gasteiger partial charge in [-0.25, -0.2) is 0 Å². The van der Waals surface area contributed by atoms with Crippen molar-refractivity contribution in [3.05, 3.63) is 0 Å². The molecule has 1 fully saturated rings. The Hall–Kier alpha value is -0.200. The van der Waals surface area contributed by atoms with Gasteiger partial charge < -0.3 is 20.7 Å². The van der Waals surface area contributed by atoms with Crippen molar-refractivity contribution in [3.8, 4) is 0 Å². The molecule has 0 spiro atoms. The topological polar surface area (TPSA) is 57.4 Å². The van der Waals surface area contributed by atoms with Gasteiger partial charge in [-0.15, -0.1) is 0 Å². The zero-order valence-corrected chi connectivity index (χ0v) is 8.94. The van der Waals surface area contributed by atoms with Crippen LogP contribution in [0.3, 0.4) is 0 Å². The Morgan fingerprint density at radius 3 is 2.07 bits per heavy atom. The van der Waals surface area contributed by atoms with Gasteiger partial charge in [-0.05, 0) is 0 Å². The van der Waals surface area contributed by atoms with Gasteiger partial charge in [0.25, 0.3) is 0 Å². The first kappa shape index (κ1) is 11.9. The summed E-state index contributed by atoms with van der Waals surface area (Å²) in [6.45, 7) is 6.86. The van der Waals surface area contributed by atoms with Crippen molar-refractivity contribution >= 4 is 0 Å². The molecule has 1 saturated heterocycles. The molecule has 14 heavy (non-hydrogen) atoms.